The van der Waals surface area contributed by atoms with Gasteiger partial charge in [-0.1, -0.05) is 175 Å². The van der Waals surface area contributed by atoms with Crippen LogP contribution in [0.1, 0.15) is 157 Å². The van der Waals surface area contributed by atoms with Gasteiger partial charge in [-0.15, -0.1) is 0 Å². The monoisotopic (exact) mass is 616 g/mol. The maximum atomic E-state index is 6.31. The van der Waals surface area contributed by atoms with Gasteiger partial charge in [-0.05, 0) is 91.0 Å². The molecule has 0 saturated heterocycles. The predicted octanol–water partition coefficient (Wildman–Crippen LogP) is 14.0. The van der Waals surface area contributed by atoms with Crippen molar-refractivity contribution in [2.75, 3.05) is 0 Å². The van der Waals surface area contributed by atoms with Gasteiger partial charge in [0.1, 0.15) is 0 Å². The molecule has 0 heterocycles. The topological polar surface area (TPSA) is 26.0 Å². The third-order valence-corrected chi connectivity index (χ3v) is 8.14. The van der Waals surface area contributed by atoms with Gasteiger partial charge in [0.2, 0.25) is 0 Å². The summed E-state index contributed by atoms with van der Waals surface area (Å²) in [6, 6.07) is 19.6. The molecule has 0 aromatic heterocycles. The van der Waals surface area contributed by atoms with E-state index in [0.717, 1.165) is 53.4 Å². The average Bonchev–Trinajstić information content (AvgIpc) is 3.00. The largest absolute Gasteiger partial charge is 0.402 e. The summed E-state index contributed by atoms with van der Waals surface area (Å²) in [5.74, 6) is 3.46. The highest BCUT2D eigenvalue weighted by molar-refractivity contribution is 5.84. The van der Waals surface area contributed by atoms with Gasteiger partial charge in [-0.3, -0.25) is 0 Å². The van der Waals surface area contributed by atoms with Crippen molar-refractivity contribution in [1.29, 1.82) is 0 Å². The summed E-state index contributed by atoms with van der Waals surface area (Å²) < 4.78 is 0. The number of nitrogens with two attached hydrogens (primary N) is 1. The van der Waals surface area contributed by atoms with Crippen LogP contribution >= 0.6 is 0 Å². The fourth-order valence-electron chi connectivity index (χ4n) is 5.38. The van der Waals surface area contributed by atoms with E-state index in [1.165, 1.54) is 80.1 Å². The van der Waals surface area contributed by atoms with Crippen molar-refractivity contribution in [1.82, 2.24) is 0 Å². The fourth-order valence-corrected chi connectivity index (χ4v) is 5.38. The second kappa shape index (κ2) is 25.6. The zero-order chi connectivity index (χ0) is 34.2. The molecule has 1 aliphatic rings. The second-order valence-corrected chi connectivity index (χ2v) is 14.3. The summed E-state index contributed by atoms with van der Waals surface area (Å²) in [5.41, 5.74) is 14.4. The van der Waals surface area contributed by atoms with Crippen molar-refractivity contribution in [3.8, 4) is 0 Å². The maximum absolute atomic E-state index is 6.31. The molecule has 1 aliphatic carbocycles. The van der Waals surface area contributed by atoms with Crippen molar-refractivity contribution < 1.29 is 0 Å². The number of unbranched alkanes of at least 4 members (excludes halogenated alkanes) is 1. The molecular formula is C44H73N. The van der Waals surface area contributed by atoms with Crippen LogP contribution in [0.3, 0.4) is 0 Å². The summed E-state index contributed by atoms with van der Waals surface area (Å²) in [4.78, 5) is 0. The minimum atomic E-state index is 0.790. The Labute approximate surface area is 281 Å². The van der Waals surface area contributed by atoms with E-state index in [9.17, 15) is 0 Å². The quantitative estimate of drug-likeness (QED) is 0.250. The molecule has 1 saturated carbocycles. The number of benzene rings is 2. The SMILES string of the molecule is C=C(C)C(/C(=C\CC1CCC(C)CC1)c1ccc(Cc2ccccc2)cc1)=C(\C)N.CC(C)C.CCC.CCCCC(C)CC. The minimum Gasteiger partial charge on any atom is -0.402 e. The van der Waals surface area contributed by atoms with Gasteiger partial charge in [-0.25, -0.2) is 0 Å². The second-order valence-electron chi connectivity index (χ2n) is 14.3. The molecule has 2 N–H and O–H groups in total. The van der Waals surface area contributed by atoms with Crippen LogP contribution in [0.4, 0.5) is 0 Å². The van der Waals surface area contributed by atoms with E-state index >= 15 is 0 Å². The lowest BCUT2D eigenvalue weighted by Crippen LogP contribution is -2.12. The van der Waals surface area contributed by atoms with E-state index in [0.29, 0.717) is 0 Å². The first-order valence-electron chi connectivity index (χ1n) is 18.4. The van der Waals surface area contributed by atoms with E-state index in [1.54, 1.807) is 0 Å². The summed E-state index contributed by atoms with van der Waals surface area (Å²) in [7, 11) is 0. The summed E-state index contributed by atoms with van der Waals surface area (Å²) in [6.07, 6.45) is 16.7. The highest BCUT2D eigenvalue weighted by Gasteiger charge is 2.18. The van der Waals surface area contributed by atoms with Crippen LogP contribution in [0.15, 0.2) is 84.1 Å². The third kappa shape index (κ3) is 20.3. The molecule has 0 bridgehead atoms. The Kier molecular flexibility index (Phi) is 24.2. The standard InChI is InChI=1S/C29H37N.C8H18.C4H10.C3H8/c1-21(2)29(23(4)30)28(19-16-24-12-10-22(3)11-13-24)27-17-14-26(15-18-27)20-25-8-6-5-7-9-25;1-4-6-7-8(3)5-2;1-4(2)3;1-3-2/h5-9,14-15,17-19,22,24H,1,10-13,16,20,30H2,2-4H3;8H,4-7H2,1-3H3;4H,1-3H3;3H2,1-2H3/b28-19-,29-23-;;;. The van der Waals surface area contributed by atoms with Gasteiger partial charge < -0.3 is 5.73 Å². The van der Waals surface area contributed by atoms with Crippen LogP contribution in [0.25, 0.3) is 5.57 Å². The Hall–Kier alpha value is -2.54. The van der Waals surface area contributed by atoms with Crippen molar-refractivity contribution in [3.05, 3.63) is 101 Å². The van der Waals surface area contributed by atoms with Crippen LogP contribution in [-0.2, 0) is 6.42 Å². The first-order chi connectivity index (χ1) is 21.4. The molecule has 0 aliphatic heterocycles. The molecule has 2 aromatic rings. The summed E-state index contributed by atoms with van der Waals surface area (Å²) in [5, 5.41) is 0. The van der Waals surface area contributed by atoms with Crippen LogP contribution in [0.2, 0.25) is 0 Å². The molecule has 3 rings (SSSR count). The van der Waals surface area contributed by atoms with E-state index in [2.05, 4.69) is 136 Å². The van der Waals surface area contributed by atoms with Crippen molar-refractivity contribution in [2.45, 2.75) is 147 Å². The molecule has 1 unspecified atom stereocenters. The van der Waals surface area contributed by atoms with Crippen LogP contribution in [0, 0.1) is 23.7 Å². The van der Waals surface area contributed by atoms with Crippen molar-refractivity contribution in [2.24, 2.45) is 29.4 Å². The average molecular weight is 616 g/mol. The zero-order valence-electron chi connectivity index (χ0n) is 31.6. The minimum absolute atomic E-state index is 0.790. The molecule has 254 valence electrons. The van der Waals surface area contributed by atoms with Gasteiger partial charge in [-0.2, -0.15) is 0 Å². The normalized spacial score (nSPS) is 17.4. The van der Waals surface area contributed by atoms with Crippen molar-refractivity contribution >= 4 is 5.57 Å². The van der Waals surface area contributed by atoms with Gasteiger partial charge in [0.15, 0.2) is 0 Å². The molecule has 1 fully saturated rings. The first-order valence-corrected chi connectivity index (χ1v) is 18.4. The third-order valence-electron chi connectivity index (χ3n) is 8.14. The van der Waals surface area contributed by atoms with E-state index < -0.39 is 0 Å². The Morgan fingerprint density at radius 1 is 0.844 bits per heavy atom. The maximum Gasteiger partial charge on any atom is 0.0131 e. The Bertz CT molecular complexity index is 1050. The molecule has 1 nitrogen and oxygen atoms in total. The zero-order valence-corrected chi connectivity index (χ0v) is 31.6. The Morgan fingerprint density at radius 3 is 1.80 bits per heavy atom. The lowest BCUT2D eigenvalue weighted by atomic mass is 9.80. The molecule has 2 aromatic carbocycles. The molecular weight excluding hydrogens is 542 g/mol. The number of hydrogen-bond acceptors (Lipinski definition) is 1. The predicted molar refractivity (Wildman–Crippen MR) is 207 cm³/mol. The Balaban J connectivity index is 0.00000108. The Morgan fingerprint density at radius 2 is 1.36 bits per heavy atom. The van der Waals surface area contributed by atoms with E-state index in [1.807, 2.05) is 6.92 Å². The lowest BCUT2D eigenvalue weighted by molar-refractivity contribution is 0.292. The summed E-state index contributed by atoms with van der Waals surface area (Å²) in [6.45, 7) is 28.3. The van der Waals surface area contributed by atoms with Gasteiger partial charge >= 0.3 is 0 Å². The number of hydrogen-bond donors (Lipinski definition) is 1. The molecule has 45 heavy (non-hydrogen) atoms. The summed E-state index contributed by atoms with van der Waals surface area (Å²) >= 11 is 0. The van der Waals surface area contributed by atoms with E-state index in [4.69, 9.17) is 5.73 Å². The molecule has 0 radical (unpaired) electrons. The number of rotatable bonds is 11. The van der Waals surface area contributed by atoms with Crippen molar-refractivity contribution in [3.63, 3.8) is 0 Å². The molecule has 0 spiro atoms. The molecule has 1 heteroatoms. The van der Waals surface area contributed by atoms with Gasteiger partial charge in [0, 0.05) is 11.3 Å². The van der Waals surface area contributed by atoms with Gasteiger partial charge in [0.25, 0.3) is 0 Å². The lowest BCUT2D eigenvalue weighted by Gasteiger charge is -2.25. The highest BCUT2D eigenvalue weighted by Crippen LogP contribution is 2.35. The first kappa shape index (κ1) is 42.5. The highest BCUT2D eigenvalue weighted by atomic mass is 14.6. The molecule has 0 amide bonds. The smallest absolute Gasteiger partial charge is 0.0131 e. The van der Waals surface area contributed by atoms with Crippen LogP contribution in [0.5, 0.6) is 0 Å². The van der Waals surface area contributed by atoms with E-state index in [-0.39, 0.29) is 0 Å². The fraction of sp³-hybridized carbons (Fsp3) is 0.591. The van der Waals surface area contributed by atoms with Crippen LogP contribution < -0.4 is 5.73 Å². The number of allylic oxidation sites excluding steroid dienone is 5. The van der Waals surface area contributed by atoms with Gasteiger partial charge in [0.05, 0.1) is 0 Å². The molecule has 1 atom stereocenters. The van der Waals surface area contributed by atoms with Crippen LogP contribution in [-0.4, -0.2) is 0 Å².